The highest BCUT2D eigenvalue weighted by Gasteiger charge is 2.52. The van der Waals surface area contributed by atoms with Crippen LogP contribution in [0.1, 0.15) is 40.5 Å². The Labute approximate surface area is 139 Å². The Balaban J connectivity index is 1.71. The smallest absolute Gasteiger partial charge is 0.399 e. The summed E-state index contributed by atoms with van der Waals surface area (Å²) in [7, 11) is -0.365. The Hall–Kier alpha value is -1.29. The van der Waals surface area contributed by atoms with E-state index in [1.54, 1.807) is 0 Å². The van der Waals surface area contributed by atoms with Crippen molar-refractivity contribution >= 4 is 7.12 Å². The van der Waals surface area contributed by atoms with E-state index in [0.29, 0.717) is 0 Å². The van der Waals surface area contributed by atoms with Gasteiger partial charge in [-0.2, -0.15) is 5.26 Å². The number of allylic oxidation sites excluding steroid dienone is 2. The van der Waals surface area contributed by atoms with Crippen molar-refractivity contribution in [2.45, 2.75) is 57.8 Å². The van der Waals surface area contributed by atoms with E-state index in [1.165, 1.54) is 0 Å². The molecule has 0 aliphatic carbocycles. The van der Waals surface area contributed by atoms with Crippen molar-refractivity contribution in [3.05, 3.63) is 23.8 Å². The Kier molecular flexibility index (Phi) is 4.08. The molecule has 0 aromatic carbocycles. The van der Waals surface area contributed by atoms with Gasteiger partial charge in [-0.1, -0.05) is 12.2 Å². The highest BCUT2D eigenvalue weighted by molar-refractivity contribution is 6.55. The van der Waals surface area contributed by atoms with Gasteiger partial charge in [0.15, 0.2) is 0 Å². The molecule has 0 saturated carbocycles. The molecule has 23 heavy (non-hydrogen) atoms. The molecule has 3 aliphatic rings. The van der Waals surface area contributed by atoms with Gasteiger partial charge in [0.05, 0.1) is 28.7 Å². The van der Waals surface area contributed by atoms with Crippen molar-refractivity contribution in [2.24, 2.45) is 5.41 Å². The maximum absolute atomic E-state index is 9.69. The van der Waals surface area contributed by atoms with Gasteiger partial charge in [0.2, 0.25) is 0 Å². The van der Waals surface area contributed by atoms with Gasteiger partial charge >= 0.3 is 7.12 Å². The Morgan fingerprint density at radius 3 is 2.26 bits per heavy atom. The zero-order chi connectivity index (χ0) is 16.7. The van der Waals surface area contributed by atoms with E-state index in [9.17, 15) is 5.26 Å². The van der Waals surface area contributed by atoms with Gasteiger partial charge in [-0.05, 0) is 65.3 Å². The monoisotopic (exact) mass is 315 g/mol. The summed E-state index contributed by atoms with van der Waals surface area (Å²) < 4.78 is 12.2. The van der Waals surface area contributed by atoms with Crippen LogP contribution in [0, 0.1) is 16.7 Å². The SMILES string of the molecule is CC1(C)OB(C2=CNC(C3(C#N)CCNCC3)C=C2)OC1(C)C. The summed E-state index contributed by atoms with van der Waals surface area (Å²) in [5, 5.41) is 16.4. The maximum atomic E-state index is 9.69. The molecule has 2 fully saturated rings. The number of dihydropyridines is 1. The van der Waals surface area contributed by atoms with E-state index < -0.39 is 0 Å². The molecule has 3 rings (SSSR count). The highest BCUT2D eigenvalue weighted by atomic mass is 16.7. The van der Waals surface area contributed by atoms with Crippen molar-refractivity contribution in [3.8, 4) is 6.07 Å². The predicted molar refractivity (Wildman–Crippen MR) is 90.4 cm³/mol. The average molecular weight is 315 g/mol. The van der Waals surface area contributed by atoms with Gasteiger partial charge in [0, 0.05) is 0 Å². The van der Waals surface area contributed by atoms with E-state index in [1.807, 2.05) is 12.3 Å². The van der Waals surface area contributed by atoms with Crippen LogP contribution < -0.4 is 10.6 Å². The molecule has 0 bridgehead atoms. The minimum atomic E-state index is -0.365. The Morgan fingerprint density at radius 2 is 1.78 bits per heavy atom. The molecule has 1 unspecified atom stereocenters. The first-order valence-electron chi connectivity index (χ1n) is 8.42. The summed E-state index contributed by atoms with van der Waals surface area (Å²) in [5.74, 6) is 0. The lowest BCUT2D eigenvalue weighted by Crippen LogP contribution is -2.49. The number of hydrogen-bond donors (Lipinski definition) is 2. The minimum Gasteiger partial charge on any atom is -0.399 e. The number of nitrogens with one attached hydrogen (secondary N) is 2. The van der Waals surface area contributed by atoms with Crippen molar-refractivity contribution < 1.29 is 9.31 Å². The fraction of sp³-hybridized carbons (Fsp3) is 0.706. The van der Waals surface area contributed by atoms with Gasteiger partial charge in [-0.25, -0.2) is 0 Å². The molecule has 2 saturated heterocycles. The largest absolute Gasteiger partial charge is 0.496 e. The van der Waals surface area contributed by atoms with Gasteiger partial charge in [0.25, 0.3) is 0 Å². The summed E-state index contributed by atoms with van der Waals surface area (Å²) in [4.78, 5) is 0. The van der Waals surface area contributed by atoms with Gasteiger partial charge in [-0.3, -0.25) is 0 Å². The van der Waals surface area contributed by atoms with Crippen molar-refractivity contribution in [1.29, 1.82) is 5.26 Å². The van der Waals surface area contributed by atoms with Gasteiger partial charge in [-0.15, -0.1) is 0 Å². The van der Waals surface area contributed by atoms with Crippen LogP contribution >= 0.6 is 0 Å². The molecule has 0 amide bonds. The summed E-state index contributed by atoms with van der Waals surface area (Å²) in [5.41, 5.74) is -0.0419. The molecule has 3 aliphatic heterocycles. The second kappa shape index (κ2) is 5.66. The van der Waals surface area contributed by atoms with Crippen molar-refractivity contribution in [3.63, 3.8) is 0 Å². The second-order valence-electron chi connectivity index (χ2n) is 7.75. The molecule has 6 heteroatoms. The quantitative estimate of drug-likeness (QED) is 0.762. The molecule has 0 aromatic rings. The number of piperidine rings is 1. The van der Waals surface area contributed by atoms with E-state index in [-0.39, 0.29) is 29.8 Å². The van der Waals surface area contributed by atoms with Crippen LogP contribution in [0.5, 0.6) is 0 Å². The predicted octanol–water partition coefficient (Wildman–Crippen LogP) is 1.92. The molecule has 0 aromatic heterocycles. The average Bonchev–Trinajstić information content (AvgIpc) is 2.76. The van der Waals surface area contributed by atoms with Crippen LogP contribution in [-0.4, -0.2) is 37.5 Å². The zero-order valence-electron chi connectivity index (χ0n) is 14.5. The molecule has 1 atom stereocenters. The first-order valence-corrected chi connectivity index (χ1v) is 8.42. The van der Waals surface area contributed by atoms with Crippen LogP contribution in [0.2, 0.25) is 0 Å². The van der Waals surface area contributed by atoms with Crippen LogP contribution in [0.3, 0.4) is 0 Å². The zero-order valence-corrected chi connectivity index (χ0v) is 14.5. The lowest BCUT2D eigenvalue weighted by Gasteiger charge is -2.38. The third kappa shape index (κ3) is 2.82. The molecular formula is C17H26BN3O2. The molecular weight excluding hydrogens is 289 g/mol. The topological polar surface area (TPSA) is 66.3 Å². The summed E-state index contributed by atoms with van der Waals surface area (Å²) in [6.07, 6.45) is 7.82. The van der Waals surface area contributed by atoms with E-state index in [0.717, 1.165) is 31.4 Å². The third-order valence-electron chi connectivity index (χ3n) is 5.75. The molecule has 0 radical (unpaired) electrons. The van der Waals surface area contributed by atoms with Gasteiger partial charge < -0.3 is 19.9 Å². The molecule has 2 N–H and O–H groups in total. The summed E-state index contributed by atoms with van der Waals surface area (Å²) in [6.45, 7) is 10.00. The Morgan fingerprint density at radius 1 is 1.17 bits per heavy atom. The molecule has 124 valence electrons. The molecule has 5 nitrogen and oxygen atoms in total. The minimum absolute atomic E-state index is 0.0424. The standard InChI is InChI=1S/C17H26BN3O2/c1-15(2)16(3,4)23-18(22-15)13-5-6-14(21-11-13)17(12-19)7-9-20-10-8-17/h5-6,11,14,20-21H,7-10H2,1-4H3. The summed E-state index contributed by atoms with van der Waals surface area (Å²) in [6, 6.07) is 2.59. The van der Waals surface area contributed by atoms with E-state index >= 15 is 0 Å². The second-order valence-corrected chi connectivity index (χ2v) is 7.75. The number of nitriles is 1. The van der Waals surface area contributed by atoms with Crippen LogP contribution in [0.15, 0.2) is 23.8 Å². The van der Waals surface area contributed by atoms with E-state index in [4.69, 9.17) is 9.31 Å². The Bertz CT molecular complexity index is 555. The number of nitrogens with zero attached hydrogens (tertiary/aromatic N) is 1. The third-order valence-corrected chi connectivity index (χ3v) is 5.75. The van der Waals surface area contributed by atoms with Crippen molar-refractivity contribution in [2.75, 3.05) is 13.1 Å². The number of hydrogen-bond acceptors (Lipinski definition) is 5. The highest BCUT2D eigenvalue weighted by Crippen LogP contribution is 2.40. The number of rotatable bonds is 2. The fourth-order valence-electron chi connectivity index (χ4n) is 3.33. The first-order chi connectivity index (χ1) is 10.8. The van der Waals surface area contributed by atoms with Gasteiger partial charge in [0.1, 0.15) is 0 Å². The fourth-order valence-corrected chi connectivity index (χ4v) is 3.33. The van der Waals surface area contributed by atoms with Crippen LogP contribution in [0.4, 0.5) is 0 Å². The maximum Gasteiger partial charge on any atom is 0.496 e. The van der Waals surface area contributed by atoms with Crippen LogP contribution in [0.25, 0.3) is 0 Å². The lowest BCUT2D eigenvalue weighted by molar-refractivity contribution is 0.00578. The van der Waals surface area contributed by atoms with Crippen LogP contribution in [-0.2, 0) is 9.31 Å². The molecule has 3 heterocycles. The normalized spacial score (nSPS) is 31.2. The molecule has 0 spiro atoms. The van der Waals surface area contributed by atoms with E-state index in [2.05, 4.69) is 50.5 Å². The first kappa shape index (κ1) is 16.6. The van der Waals surface area contributed by atoms with Crippen molar-refractivity contribution in [1.82, 2.24) is 10.6 Å². The summed E-state index contributed by atoms with van der Waals surface area (Å²) >= 11 is 0. The lowest BCUT2D eigenvalue weighted by atomic mass is 9.71.